The zero-order chi connectivity index (χ0) is 19.6. The van der Waals surface area contributed by atoms with Crippen LogP contribution in [-0.2, 0) is 15.6 Å². The normalized spacial score (nSPS) is 11.4. The maximum atomic E-state index is 12.4. The predicted molar refractivity (Wildman–Crippen MR) is 109 cm³/mol. The summed E-state index contributed by atoms with van der Waals surface area (Å²) in [5.41, 5.74) is 0.796. The third-order valence-corrected chi connectivity index (χ3v) is 7.12. The fourth-order valence-electron chi connectivity index (χ4n) is 2.50. The number of aromatic nitrogens is 1. The standard InChI is InChI=1S/C19H14N2O4S3/c22-18(21-19-20-15(11-27-19)17-7-4-10-26-17)16-9-8-13(25-16)12-28(23,24)14-5-2-1-3-6-14/h1-11H,12H2,(H,20,21,22). The molecule has 0 aliphatic rings. The molecule has 0 aliphatic heterocycles. The Balaban J connectivity index is 1.45. The van der Waals surface area contributed by atoms with Gasteiger partial charge in [-0.1, -0.05) is 24.3 Å². The molecule has 6 nitrogen and oxygen atoms in total. The Morgan fingerprint density at radius 3 is 2.61 bits per heavy atom. The molecule has 4 rings (SSSR count). The lowest BCUT2D eigenvalue weighted by Gasteiger charge is -2.02. The summed E-state index contributed by atoms with van der Waals surface area (Å²) in [6.07, 6.45) is 0. The van der Waals surface area contributed by atoms with Crippen molar-refractivity contribution in [2.45, 2.75) is 10.6 Å². The van der Waals surface area contributed by atoms with Crippen LogP contribution in [0.25, 0.3) is 10.6 Å². The summed E-state index contributed by atoms with van der Waals surface area (Å²) in [4.78, 5) is 18.0. The molecule has 1 N–H and O–H groups in total. The number of benzene rings is 1. The SMILES string of the molecule is O=C(Nc1nc(-c2cccs2)cs1)c1ccc(CS(=O)(=O)c2ccccc2)o1. The van der Waals surface area contributed by atoms with E-state index in [1.54, 1.807) is 29.5 Å². The average molecular weight is 431 g/mol. The molecule has 0 saturated heterocycles. The molecule has 0 aliphatic carbocycles. The zero-order valence-corrected chi connectivity index (χ0v) is 16.8. The number of nitrogens with zero attached hydrogens (tertiary/aromatic N) is 1. The van der Waals surface area contributed by atoms with Crippen LogP contribution in [0.4, 0.5) is 5.13 Å². The molecule has 0 spiro atoms. The second-order valence-electron chi connectivity index (χ2n) is 5.81. The van der Waals surface area contributed by atoms with E-state index in [0.717, 1.165) is 10.6 Å². The van der Waals surface area contributed by atoms with Crippen LogP contribution < -0.4 is 5.32 Å². The number of carbonyl (C=O) groups excluding carboxylic acids is 1. The van der Waals surface area contributed by atoms with Crippen molar-refractivity contribution in [2.75, 3.05) is 5.32 Å². The molecular weight excluding hydrogens is 416 g/mol. The summed E-state index contributed by atoms with van der Waals surface area (Å²) in [5.74, 6) is -0.557. The number of thiophene rings is 1. The van der Waals surface area contributed by atoms with Gasteiger partial charge in [-0.05, 0) is 35.7 Å². The Hall–Kier alpha value is -2.75. The number of amides is 1. The average Bonchev–Trinajstić information content (AvgIpc) is 3.43. The van der Waals surface area contributed by atoms with E-state index < -0.39 is 15.7 Å². The smallest absolute Gasteiger partial charge is 0.293 e. The molecule has 28 heavy (non-hydrogen) atoms. The van der Waals surface area contributed by atoms with Gasteiger partial charge in [0.05, 0.1) is 15.5 Å². The van der Waals surface area contributed by atoms with Crippen LogP contribution in [0, 0.1) is 0 Å². The molecule has 0 atom stereocenters. The van der Waals surface area contributed by atoms with Crippen LogP contribution in [0.15, 0.2) is 74.7 Å². The number of carbonyl (C=O) groups is 1. The van der Waals surface area contributed by atoms with Crippen molar-refractivity contribution in [1.82, 2.24) is 4.98 Å². The highest BCUT2D eigenvalue weighted by molar-refractivity contribution is 7.90. The second kappa shape index (κ2) is 7.70. The van der Waals surface area contributed by atoms with Crippen molar-refractivity contribution in [3.8, 4) is 10.6 Å². The van der Waals surface area contributed by atoms with Crippen molar-refractivity contribution >= 4 is 43.5 Å². The Labute approximate surface area is 169 Å². The topological polar surface area (TPSA) is 89.3 Å². The molecule has 142 valence electrons. The predicted octanol–water partition coefficient (Wildman–Crippen LogP) is 4.69. The second-order valence-corrected chi connectivity index (χ2v) is 9.60. The molecule has 1 amide bonds. The van der Waals surface area contributed by atoms with Gasteiger partial charge in [0.15, 0.2) is 20.7 Å². The van der Waals surface area contributed by atoms with Gasteiger partial charge >= 0.3 is 0 Å². The Bertz CT molecular complexity index is 1190. The lowest BCUT2D eigenvalue weighted by molar-refractivity contribution is 0.0995. The first kappa shape index (κ1) is 18.6. The number of sulfone groups is 1. The van der Waals surface area contributed by atoms with E-state index in [-0.39, 0.29) is 22.2 Å². The summed E-state index contributed by atoms with van der Waals surface area (Å²) in [6, 6.07) is 15.0. The zero-order valence-electron chi connectivity index (χ0n) is 14.4. The first-order valence-electron chi connectivity index (χ1n) is 8.18. The van der Waals surface area contributed by atoms with Gasteiger partial charge in [0.25, 0.3) is 5.91 Å². The van der Waals surface area contributed by atoms with Gasteiger partial charge in [-0.2, -0.15) is 0 Å². The monoisotopic (exact) mass is 430 g/mol. The van der Waals surface area contributed by atoms with E-state index in [0.29, 0.717) is 5.13 Å². The highest BCUT2D eigenvalue weighted by Crippen LogP contribution is 2.28. The summed E-state index contributed by atoms with van der Waals surface area (Å²) in [7, 11) is -3.54. The van der Waals surface area contributed by atoms with E-state index in [1.807, 2.05) is 22.9 Å². The molecule has 0 saturated carbocycles. The Kier molecular flexibility index (Phi) is 5.12. The fourth-order valence-corrected chi connectivity index (χ4v) is 5.24. The van der Waals surface area contributed by atoms with Crippen LogP contribution in [0.2, 0.25) is 0 Å². The number of rotatable bonds is 6. The van der Waals surface area contributed by atoms with Crippen LogP contribution >= 0.6 is 22.7 Å². The summed E-state index contributed by atoms with van der Waals surface area (Å²) in [5, 5.41) is 6.95. The minimum absolute atomic E-state index is 0.0335. The summed E-state index contributed by atoms with van der Waals surface area (Å²) >= 11 is 2.88. The van der Waals surface area contributed by atoms with E-state index in [1.165, 1.54) is 35.6 Å². The first-order chi connectivity index (χ1) is 13.5. The minimum Gasteiger partial charge on any atom is -0.455 e. The molecule has 1 aromatic carbocycles. The summed E-state index contributed by atoms with van der Waals surface area (Å²) in [6.45, 7) is 0. The van der Waals surface area contributed by atoms with Gasteiger partial charge in [-0.15, -0.1) is 22.7 Å². The molecule has 0 radical (unpaired) electrons. The van der Waals surface area contributed by atoms with Gasteiger partial charge < -0.3 is 4.42 Å². The molecule has 0 fully saturated rings. The van der Waals surface area contributed by atoms with Crippen LogP contribution in [-0.4, -0.2) is 19.3 Å². The Morgan fingerprint density at radius 2 is 1.86 bits per heavy atom. The summed E-state index contributed by atoms with van der Waals surface area (Å²) < 4.78 is 30.3. The third-order valence-electron chi connectivity index (χ3n) is 3.82. The lowest BCUT2D eigenvalue weighted by Crippen LogP contribution is -2.10. The number of hydrogen-bond donors (Lipinski definition) is 1. The maximum Gasteiger partial charge on any atom is 0.293 e. The number of nitrogens with one attached hydrogen (secondary N) is 1. The fraction of sp³-hybridized carbons (Fsp3) is 0.0526. The largest absolute Gasteiger partial charge is 0.455 e. The van der Waals surface area contributed by atoms with Gasteiger partial charge in [0.1, 0.15) is 11.5 Å². The Morgan fingerprint density at radius 1 is 1.04 bits per heavy atom. The number of furan rings is 1. The lowest BCUT2D eigenvalue weighted by atomic mass is 10.4. The molecule has 3 aromatic heterocycles. The first-order valence-corrected chi connectivity index (χ1v) is 11.6. The quantitative estimate of drug-likeness (QED) is 0.479. The van der Waals surface area contributed by atoms with Gasteiger partial charge in [-0.25, -0.2) is 13.4 Å². The number of hydrogen-bond acceptors (Lipinski definition) is 7. The third kappa shape index (κ3) is 4.06. The molecule has 0 bridgehead atoms. The van der Waals surface area contributed by atoms with E-state index in [4.69, 9.17) is 4.42 Å². The minimum atomic E-state index is -3.54. The molecule has 3 heterocycles. The van der Waals surface area contributed by atoms with Crippen LogP contribution in [0.1, 0.15) is 16.3 Å². The number of anilines is 1. The van der Waals surface area contributed by atoms with E-state index in [2.05, 4.69) is 10.3 Å². The number of thiazole rings is 1. The maximum absolute atomic E-state index is 12.4. The van der Waals surface area contributed by atoms with Gasteiger partial charge in [-0.3, -0.25) is 10.1 Å². The molecule has 9 heteroatoms. The van der Waals surface area contributed by atoms with Crippen molar-refractivity contribution in [1.29, 1.82) is 0 Å². The highest BCUT2D eigenvalue weighted by atomic mass is 32.2. The van der Waals surface area contributed by atoms with E-state index in [9.17, 15) is 13.2 Å². The molecule has 0 unspecified atom stereocenters. The van der Waals surface area contributed by atoms with E-state index >= 15 is 0 Å². The van der Waals surface area contributed by atoms with Crippen LogP contribution in [0.3, 0.4) is 0 Å². The van der Waals surface area contributed by atoms with Gasteiger partial charge in [0.2, 0.25) is 0 Å². The van der Waals surface area contributed by atoms with Crippen LogP contribution in [0.5, 0.6) is 0 Å². The highest BCUT2D eigenvalue weighted by Gasteiger charge is 2.19. The molecule has 4 aromatic rings. The van der Waals surface area contributed by atoms with Crippen molar-refractivity contribution in [3.05, 3.63) is 76.9 Å². The van der Waals surface area contributed by atoms with Crippen molar-refractivity contribution < 1.29 is 17.6 Å². The van der Waals surface area contributed by atoms with Gasteiger partial charge in [0, 0.05) is 5.38 Å². The van der Waals surface area contributed by atoms with Crippen molar-refractivity contribution in [3.63, 3.8) is 0 Å². The molecular formula is C19H14N2O4S3. The van der Waals surface area contributed by atoms with Crippen molar-refractivity contribution in [2.24, 2.45) is 0 Å².